The molecule has 134 valence electrons. The molecule has 0 fully saturated rings. The zero-order chi connectivity index (χ0) is 18.4. The van der Waals surface area contributed by atoms with Gasteiger partial charge in [0.1, 0.15) is 5.75 Å². The van der Waals surface area contributed by atoms with Crippen molar-refractivity contribution in [3.63, 3.8) is 0 Å². The Morgan fingerprint density at radius 3 is 2.31 bits per heavy atom. The summed E-state index contributed by atoms with van der Waals surface area (Å²) in [6.45, 7) is 2.31. The standard InChI is InChI=1S/C24H26OS/c1-18(17-19-7-4-3-5-8-19)23-10-6-9-20(15-16-26-2)24(23)21-11-13-22(25)14-12-21/h3-14,18,25H,15-17H2,1-2H3. The highest BCUT2D eigenvalue weighted by atomic mass is 32.2. The summed E-state index contributed by atoms with van der Waals surface area (Å²) in [5, 5.41) is 9.68. The van der Waals surface area contributed by atoms with Gasteiger partial charge in [-0.05, 0) is 70.7 Å². The lowest BCUT2D eigenvalue weighted by Crippen LogP contribution is -2.04. The first-order chi connectivity index (χ1) is 12.7. The molecule has 0 heterocycles. The molecule has 2 heteroatoms. The van der Waals surface area contributed by atoms with Crippen LogP contribution in [0.4, 0.5) is 0 Å². The van der Waals surface area contributed by atoms with Crippen molar-refractivity contribution in [1.29, 1.82) is 0 Å². The maximum Gasteiger partial charge on any atom is 0.115 e. The van der Waals surface area contributed by atoms with Crippen LogP contribution in [-0.2, 0) is 12.8 Å². The maximum atomic E-state index is 9.68. The van der Waals surface area contributed by atoms with Gasteiger partial charge in [-0.1, -0.05) is 67.6 Å². The molecule has 26 heavy (non-hydrogen) atoms. The first-order valence-corrected chi connectivity index (χ1v) is 10.5. The summed E-state index contributed by atoms with van der Waals surface area (Å²) in [6.07, 6.45) is 4.24. The Morgan fingerprint density at radius 2 is 1.62 bits per heavy atom. The number of benzene rings is 3. The fourth-order valence-corrected chi connectivity index (χ4v) is 3.93. The zero-order valence-corrected chi connectivity index (χ0v) is 16.3. The molecule has 0 bridgehead atoms. The Labute approximate surface area is 161 Å². The van der Waals surface area contributed by atoms with Crippen molar-refractivity contribution in [2.24, 2.45) is 0 Å². The molecule has 3 rings (SSSR count). The summed E-state index contributed by atoms with van der Waals surface area (Å²) in [7, 11) is 0. The molecule has 1 unspecified atom stereocenters. The molecule has 1 N–H and O–H groups in total. The summed E-state index contributed by atoms with van der Waals surface area (Å²) in [4.78, 5) is 0. The summed E-state index contributed by atoms with van der Waals surface area (Å²) < 4.78 is 0. The summed E-state index contributed by atoms with van der Waals surface area (Å²) in [5.74, 6) is 1.85. The normalized spacial score (nSPS) is 12.1. The first-order valence-electron chi connectivity index (χ1n) is 9.13. The van der Waals surface area contributed by atoms with E-state index in [4.69, 9.17) is 0 Å². The minimum Gasteiger partial charge on any atom is -0.508 e. The third kappa shape index (κ3) is 4.50. The van der Waals surface area contributed by atoms with Crippen LogP contribution in [0.5, 0.6) is 5.75 Å². The lowest BCUT2D eigenvalue weighted by atomic mass is 9.84. The van der Waals surface area contributed by atoms with Gasteiger partial charge in [0, 0.05) is 0 Å². The molecule has 3 aromatic rings. The van der Waals surface area contributed by atoms with Crippen molar-refractivity contribution in [1.82, 2.24) is 0 Å². The van der Waals surface area contributed by atoms with E-state index in [0.29, 0.717) is 11.7 Å². The molecule has 0 aliphatic carbocycles. The molecule has 0 saturated carbocycles. The summed E-state index contributed by atoms with van der Waals surface area (Å²) in [6, 6.07) is 25.0. The number of phenolic OH excluding ortho intramolecular Hbond substituents is 1. The number of phenols is 1. The highest BCUT2D eigenvalue weighted by molar-refractivity contribution is 7.98. The van der Waals surface area contributed by atoms with E-state index in [1.54, 1.807) is 12.1 Å². The van der Waals surface area contributed by atoms with Crippen LogP contribution in [0.2, 0.25) is 0 Å². The van der Waals surface area contributed by atoms with Crippen molar-refractivity contribution in [2.75, 3.05) is 12.0 Å². The van der Waals surface area contributed by atoms with Crippen LogP contribution in [0.15, 0.2) is 72.8 Å². The fraction of sp³-hybridized carbons (Fsp3) is 0.250. The van der Waals surface area contributed by atoms with Crippen LogP contribution >= 0.6 is 11.8 Å². The van der Waals surface area contributed by atoms with E-state index in [-0.39, 0.29) is 0 Å². The van der Waals surface area contributed by atoms with Gasteiger partial charge in [0.2, 0.25) is 0 Å². The summed E-state index contributed by atoms with van der Waals surface area (Å²) in [5.41, 5.74) is 6.67. The second kappa shape index (κ2) is 8.95. The molecular weight excluding hydrogens is 336 g/mol. The molecule has 1 nitrogen and oxygen atoms in total. The molecule has 0 aliphatic rings. The highest BCUT2D eigenvalue weighted by Crippen LogP contribution is 2.35. The minimum absolute atomic E-state index is 0.314. The van der Waals surface area contributed by atoms with Crippen LogP contribution in [-0.4, -0.2) is 17.1 Å². The number of aryl methyl sites for hydroxylation is 1. The second-order valence-corrected chi connectivity index (χ2v) is 7.75. The molecule has 0 spiro atoms. The van der Waals surface area contributed by atoms with Gasteiger partial charge < -0.3 is 5.11 Å². The Morgan fingerprint density at radius 1 is 0.885 bits per heavy atom. The predicted molar refractivity (Wildman–Crippen MR) is 114 cm³/mol. The summed E-state index contributed by atoms with van der Waals surface area (Å²) >= 11 is 1.88. The van der Waals surface area contributed by atoms with Crippen LogP contribution in [0.25, 0.3) is 11.1 Å². The molecule has 0 saturated heterocycles. The molecule has 3 aromatic carbocycles. The van der Waals surface area contributed by atoms with Gasteiger partial charge in [-0.2, -0.15) is 11.8 Å². The van der Waals surface area contributed by atoms with Gasteiger partial charge in [0.25, 0.3) is 0 Å². The van der Waals surface area contributed by atoms with Crippen molar-refractivity contribution in [2.45, 2.75) is 25.7 Å². The monoisotopic (exact) mass is 362 g/mol. The Kier molecular flexibility index (Phi) is 6.40. The van der Waals surface area contributed by atoms with Gasteiger partial charge in [-0.15, -0.1) is 0 Å². The highest BCUT2D eigenvalue weighted by Gasteiger charge is 2.16. The van der Waals surface area contributed by atoms with Crippen molar-refractivity contribution < 1.29 is 5.11 Å². The number of rotatable bonds is 7. The second-order valence-electron chi connectivity index (χ2n) is 6.76. The Hall–Kier alpha value is -2.19. The van der Waals surface area contributed by atoms with E-state index in [2.05, 4.69) is 61.7 Å². The quantitative estimate of drug-likeness (QED) is 0.531. The van der Waals surface area contributed by atoms with Crippen molar-refractivity contribution >= 4 is 11.8 Å². The topological polar surface area (TPSA) is 20.2 Å². The molecule has 0 radical (unpaired) electrons. The lowest BCUT2D eigenvalue weighted by Gasteiger charge is -2.20. The van der Waals surface area contributed by atoms with Gasteiger partial charge in [0.05, 0.1) is 0 Å². The van der Waals surface area contributed by atoms with Crippen LogP contribution < -0.4 is 0 Å². The largest absolute Gasteiger partial charge is 0.508 e. The van der Waals surface area contributed by atoms with Gasteiger partial charge >= 0.3 is 0 Å². The van der Waals surface area contributed by atoms with E-state index in [1.807, 2.05) is 23.9 Å². The number of hydrogen-bond donors (Lipinski definition) is 1. The van der Waals surface area contributed by atoms with Crippen LogP contribution in [0.1, 0.15) is 29.5 Å². The fourth-order valence-electron chi connectivity index (χ4n) is 3.51. The number of aromatic hydroxyl groups is 1. The third-order valence-corrected chi connectivity index (χ3v) is 5.44. The number of thioether (sulfide) groups is 1. The first kappa shape index (κ1) is 18.6. The van der Waals surface area contributed by atoms with Crippen LogP contribution in [0.3, 0.4) is 0 Å². The lowest BCUT2D eigenvalue weighted by molar-refractivity contribution is 0.475. The van der Waals surface area contributed by atoms with E-state index >= 15 is 0 Å². The van der Waals surface area contributed by atoms with E-state index in [1.165, 1.54) is 27.8 Å². The Balaban J connectivity index is 2.01. The molecule has 0 amide bonds. The van der Waals surface area contributed by atoms with E-state index < -0.39 is 0 Å². The van der Waals surface area contributed by atoms with Gasteiger partial charge in [-0.3, -0.25) is 0 Å². The predicted octanol–water partition coefficient (Wildman–Crippen LogP) is 6.31. The van der Waals surface area contributed by atoms with Crippen molar-refractivity contribution in [3.05, 3.63) is 89.5 Å². The van der Waals surface area contributed by atoms with E-state index in [0.717, 1.165) is 18.6 Å². The average molecular weight is 363 g/mol. The average Bonchev–Trinajstić information content (AvgIpc) is 2.67. The minimum atomic E-state index is 0.314. The third-order valence-electron chi connectivity index (χ3n) is 4.83. The van der Waals surface area contributed by atoms with Gasteiger partial charge in [0.15, 0.2) is 0 Å². The molecule has 0 aromatic heterocycles. The Bertz CT molecular complexity index is 825. The van der Waals surface area contributed by atoms with Crippen molar-refractivity contribution in [3.8, 4) is 16.9 Å². The number of hydrogen-bond acceptors (Lipinski definition) is 2. The molecular formula is C24H26OS. The maximum absolute atomic E-state index is 9.68. The molecule has 1 atom stereocenters. The smallest absolute Gasteiger partial charge is 0.115 e. The zero-order valence-electron chi connectivity index (χ0n) is 15.5. The van der Waals surface area contributed by atoms with Gasteiger partial charge in [-0.25, -0.2) is 0 Å². The van der Waals surface area contributed by atoms with E-state index in [9.17, 15) is 5.11 Å². The molecule has 0 aliphatic heterocycles. The van der Waals surface area contributed by atoms with Crippen LogP contribution in [0, 0.1) is 0 Å². The SMILES string of the molecule is CSCCc1cccc(C(C)Cc2ccccc2)c1-c1ccc(O)cc1.